The van der Waals surface area contributed by atoms with Gasteiger partial charge >= 0.3 is 0 Å². The van der Waals surface area contributed by atoms with Crippen LogP contribution in [0.25, 0.3) is 0 Å². The van der Waals surface area contributed by atoms with E-state index in [9.17, 15) is 27.6 Å². The number of amides is 2. The van der Waals surface area contributed by atoms with Crippen molar-refractivity contribution in [1.82, 2.24) is 0 Å². The molecule has 0 spiro atoms. The molecular formula is C16H10F3NO3. The molecule has 23 heavy (non-hydrogen) atoms. The second-order valence-corrected chi connectivity index (χ2v) is 5.98. The first-order valence-corrected chi connectivity index (χ1v) is 7.17. The molecule has 1 saturated carbocycles. The zero-order chi connectivity index (χ0) is 16.5. The molecule has 1 aromatic carbocycles. The number of ketones is 1. The molecule has 1 heterocycles. The molecule has 0 radical (unpaired) electrons. The summed E-state index contributed by atoms with van der Waals surface area (Å²) in [7, 11) is 0. The number of benzene rings is 1. The number of imide groups is 1. The van der Waals surface area contributed by atoms with E-state index >= 15 is 0 Å². The first kappa shape index (κ1) is 14.2. The Bertz CT molecular complexity index is 830. The van der Waals surface area contributed by atoms with Gasteiger partial charge in [-0.2, -0.15) is 0 Å². The van der Waals surface area contributed by atoms with E-state index < -0.39 is 46.8 Å². The van der Waals surface area contributed by atoms with Crippen LogP contribution < -0.4 is 4.90 Å². The van der Waals surface area contributed by atoms with Gasteiger partial charge in [-0.15, -0.1) is 0 Å². The molecule has 2 bridgehead atoms. The Balaban J connectivity index is 1.86. The lowest BCUT2D eigenvalue weighted by Crippen LogP contribution is -2.38. The summed E-state index contributed by atoms with van der Waals surface area (Å²) in [4.78, 5) is 37.6. The maximum absolute atomic E-state index is 14.0. The van der Waals surface area contributed by atoms with Gasteiger partial charge in [-0.1, -0.05) is 5.57 Å². The Hall–Kier alpha value is -2.44. The molecule has 5 rings (SSSR count). The molecule has 7 heteroatoms. The highest BCUT2D eigenvalue weighted by Crippen LogP contribution is 2.48. The normalized spacial score (nSPS) is 26.4. The minimum atomic E-state index is -1.40. The number of carbonyl (C=O) groups is 3. The Morgan fingerprint density at radius 1 is 1.00 bits per heavy atom. The summed E-state index contributed by atoms with van der Waals surface area (Å²) in [5, 5.41) is 0. The predicted octanol–water partition coefficient (Wildman–Crippen LogP) is 2.27. The minimum Gasteiger partial charge on any atom is -0.299 e. The number of Topliss-reactive ketones (excluding diaryl/α,β-unsaturated/α-hetero) is 1. The highest BCUT2D eigenvalue weighted by atomic mass is 19.2. The van der Waals surface area contributed by atoms with E-state index in [0.29, 0.717) is 35.4 Å². The van der Waals surface area contributed by atoms with E-state index in [2.05, 4.69) is 0 Å². The summed E-state index contributed by atoms with van der Waals surface area (Å²) < 4.78 is 40.4. The number of hydrogen-bond acceptors (Lipinski definition) is 3. The quantitative estimate of drug-likeness (QED) is 0.589. The minimum absolute atomic E-state index is 0.103. The average molecular weight is 321 g/mol. The average Bonchev–Trinajstić information content (AvgIpc) is 2.77. The van der Waals surface area contributed by atoms with Crippen LogP contribution in [0.5, 0.6) is 0 Å². The number of carbonyl (C=O) groups excluding carboxylic acids is 3. The van der Waals surface area contributed by atoms with E-state index in [1.807, 2.05) is 0 Å². The molecule has 4 aliphatic rings. The summed E-state index contributed by atoms with van der Waals surface area (Å²) in [5.41, 5.74) is 0.217. The molecule has 1 aliphatic heterocycles. The fourth-order valence-corrected chi connectivity index (χ4v) is 3.78. The van der Waals surface area contributed by atoms with Crippen LogP contribution in [0.3, 0.4) is 0 Å². The number of allylic oxidation sites excluding steroid dienone is 1. The largest absolute Gasteiger partial charge is 0.299 e. The maximum atomic E-state index is 14.0. The smallest absolute Gasteiger partial charge is 0.261 e. The standard InChI is InChI=1S/C16H10F3NO3/c17-8-4-10(19)11(5-9(8)18)20-15(22)13-6-1-2-7(12(21)3-6)14(13)16(20)23/h4-5,7,14H,1-3H2. The number of rotatable bonds is 1. The van der Waals surface area contributed by atoms with Gasteiger partial charge in [0, 0.05) is 30.0 Å². The summed E-state index contributed by atoms with van der Waals surface area (Å²) >= 11 is 0. The third kappa shape index (κ3) is 1.76. The third-order valence-corrected chi connectivity index (χ3v) is 4.80. The Labute approximate surface area is 128 Å². The van der Waals surface area contributed by atoms with Gasteiger partial charge in [0.25, 0.3) is 5.91 Å². The van der Waals surface area contributed by atoms with E-state index in [-0.39, 0.29) is 17.8 Å². The Morgan fingerprint density at radius 2 is 1.70 bits per heavy atom. The Morgan fingerprint density at radius 3 is 2.39 bits per heavy atom. The monoisotopic (exact) mass is 321 g/mol. The second-order valence-electron chi connectivity index (χ2n) is 5.98. The van der Waals surface area contributed by atoms with Crippen molar-refractivity contribution in [2.75, 3.05) is 4.90 Å². The van der Waals surface area contributed by atoms with Gasteiger partial charge in [0.05, 0.1) is 11.6 Å². The molecule has 118 valence electrons. The van der Waals surface area contributed by atoms with Gasteiger partial charge in [-0.3, -0.25) is 14.4 Å². The van der Waals surface area contributed by atoms with Crippen LogP contribution in [0.4, 0.5) is 18.9 Å². The fraction of sp³-hybridized carbons (Fsp3) is 0.312. The van der Waals surface area contributed by atoms with Crippen molar-refractivity contribution >= 4 is 23.3 Å². The van der Waals surface area contributed by atoms with Gasteiger partial charge in [0.2, 0.25) is 5.91 Å². The molecule has 1 saturated heterocycles. The molecule has 2 unspecified atom stereocenters. The first-order valence-electron chi connectivity index (χ1n) is 7.17. The van der Waals surface area contributed by atoms with E-state index in [0.717, 1.165) is 0 Å². The molecule has 4 nitrogen and oxygen atoms in total. The summed E-state index contributed by atoms with van der Waals surface area (Å²) in [5.74, 6) is -7.05. The predicted molar refractivity (Wildman–Crippen MR) is 71.7 cm³/mol. The Kier molecular flexibility index (Phi) is 2.79. The zero-order valence-corrected chi connectivity index (χ0v) is 11.7. The van der Waals surface area contributed by atoms with Crippen molar-refractivity contribution in [2.24, 2.45) is 11.8 Å². The molecule has 2 amide bonds. The van der Waals surface area contributed by atoms with E-state index in [4.69, 9.17) is 0 Å². The number of nitrogens with zero attached hydrogens (tertiary/aromatic N) is 1. The van der Waals surface area contributed by atoms with Crippen LogP contribution >= 0.6 is 0 Å². The highest BCUT2D eigenvalue weighted by Gasteiger charge is 2.55. The maximum Gasteiger partial charge on any atom is 0.261 e. The van der Waals surface area contributed by atoms with Crippen LogP contribution in [0, 0.1) is 29.3 Å². The lowest BCUT2D eigenvalue weighted by Gasteiger charge is -2.33. The summed E-state index contributed by atoms with van der Waals surface area (Å²) in [6.07, 6.45) is 1.16. The molecule has 1 aromatic rings. The SMILES string of the molecule is O=C1CC2=C3C(=O)N(c4cc(F)c(F)cc4F)C(=O)C3C1CC2. The van der Waals surface area contributed by atoms with Crippen LogP contribution in [0.2, 0.25) is 0 Å². The van der Waals surface area contributed by atoms with Crippen LogP contribution in [0.15, 0.2) is 23.3 Å². The van der Waals surface area contributed by atoms with Gasteiger partial charge in [-0.05, 0) is 12.8 Å². The van der Waals surface area contributed by atoms with Crippen molar-refractivity contribution in [2.45, 2.75) is 19.3 Å². The topological polar surface area (TPSA) is 54.5 Å². The fourth-order valence-electron chi connectivity index (χ4n) is 3.78. The number of halogens is 3. The van der Waals surface area contributed by atoms with E-state index in [1.165, 1.54) is 0 Å². The highest BCUT2D eigenvalue weighted by molar-refractivity contribution is 6.31. The number of hydrogen-bond donors (Lipinski definition) is 0. The van der Waals surface area contributed by atoms with Crippen molar-refractivity contribution in [3.05, 3.63) is 40.7 Å². The van der Waals surface area contributed by atoms with Gasteiger partial charge < -0.3 is 0 Å². The molecule has 2 atom stereocenters. The van der Waals surface area contributed by atoms with Crippen molar-refractivity contribution in [3.63, 3.8) is 0 Å². The molecular weight excluding hydrogens is 311 g/mol. The van der Waals surface area contributed by atoms with Gasteiger partial charge in [-0.25, -0.2) is 18.1 Å². The lowest BCUT2D eigenvalue weighted by atomic mass is 9.67. The van der Waals surface area contributed by atoms with Crippen molar-refractivity contribution in [1.29, 1.82) is 0 Å². The van der Waals surface area contributed by atoms with E-state index in [1.54, 1.807) is 0 Å². The summed E-state index contributed by atoms with van der Waals surface area (Å²) in [6, 6.07) is 0.789. The van der Waals surface area contributed by atoms with Crippen molar-refractivity contribution < 1.29 is 27.6 Å². The number of anilines is 1. The van der Waals surface area contributed by atoms with Crippen LogP contribution in [0.1, 0.15) is 19.3 Å². The summed E-state index contributed by atoms with van der Waals surface area (Å²) in [6.45, 7) is 0. The van der Waals surface area contributed by atoms with Crippen molar-refractivity contribution in [3.8, 4) is 0 Å². The molecule has 0 aromatic heterocycles. The zero-order valence-electron chi connectivity index (χ0n) is 11.7. The van der Waals surface area contributed by atoms with Crippen LogP contribution in [-0.4, -0.2) is 17.6 Å². The third-order valence-electron chi connectivity index (χ3n) is 4.80. The second kappa shape index (κ2) is 4.53. The van der Waals surface area contributed by atoms with Gasteiger partial charge in [0.1, 0.15) is 5.78 Å². The molecule has 2 fully saturated rings. The number of fused-ring (bicyclic) bond motifs is 2. The van der Waals surface area contributed by atoms with Gasteiger partial charge in [0.15, 0.2) is 17.5 Å². The lowest BCUT2D eigenvalue weighted by molar-refractivity contribution is -0.131. The first-order chi connectivity index (χ1) is 10.9. The molecule has 0 N–H and O–H groups in total. The molecule has 3 aliphatic carbocycles. The van der Waals surface area contributed by atoms with Crippen LogP contribution in [-0.2, 0) is 14.4 Å².